The van der Waals surface area contributed by atoms with E-state index in [0.29, 0.717) is 12.8 Å². The first kappa shape index (κ1) is 18.4. The number of aliphatic hydroxyl groups is 1. The molecule has 0 aliphatic heterocycles. The molecule has 0 fully saturated rings. The van der Waals surface area contributed by atoms with Gasteiger partial charge in [0.2, 0.25) is 0 Å². The molecule has 0 aliphatic rings. The van der Waals surface area contributed by atoms with E-state index in [0.717, 1.165) is 16.7 Å². The van der Waals surface area contributed by atoms with Crippen LogP contribution in [0.3, 0.4) is 0 Å². The van der Waals surface area contributed by atoms with Gasteiger partial charge in [0, 0.05) is 12.8 Å². The van der Waals surface area contributed by atoms with Gasteiger partial charge in [0.05, 0.1) is 11.6 Å². The van der Waals surface area contributed by atoms with Crippen molar-refractivity contribution in [1.29, 1.82) is 0 Å². The van der Waals surface area contributed by atoms with Crippen LogP contribution in [0.4, 0.5) is 0 Å². The normalized spacial score (nSPS) is 12.9. The zero-order chi connectivity index (χ0) is 18.4. The standard InChI is InChI=1S/C24H27NO/c1-25(2)23(22-16-10-5-11-17-22)24(26,18-20-12-6-3-7-13-20)19-21-14-8-4-9-15-21/h3-17,23,26H,18-19H2,1-2H3/t23-/m0/s1. The van der Waals surface area contributed by atoms with E-state index in [4.69, 9.17) is 0 Å². The fourth-order valence-corrected chi connectivity index (χ4v) is 3.88. The third kappa shape index (κ3) is 4.40. The minimum absolute atomic E-state index is 0.107. The molecule has 0 aromatic heterocycles. The zero-order valence-electron chi connectivity index (χ0n) is 15.5. The third-order valence-corrected chi connectivity index (χ3v) is 4.85. The van der Waals surface area contributed by atoms with Crippen LogP contribution in [0, 0.1) is 0 Å². The van der Waals surface area contributed by atoms with Gasteiger partial charge in [-0.2, -0.15) is 0 Å². The maximum Gasteiger partial charge on any atom is 0.0923 e. The van der Waals surface area contributed by atoms with Crippen LogP contribution in [0.15, 0.2) is 91.0 Å². The van der Waals surface area contributed by atoms with E-state index >= 15 is 0 Å². The van der Waals surface area contributed by atoms with Crippen molar-refractivity contribution in [2.75, 3.05) is 14.1 Å². The Balaban J connectivity index is 2.02. The summed E-state index contributed by atoms with van der Waals surface area (Å²) in [5, 5.41) is 12.0. The molecular formula is C24H27NO. The van der Waals surface area contributed by atoms with Gasteiger partial charge in [0.15, 0.2) is 0 Å². The summed E-state index contributed by atoms with van der Waals surface area (Å²) in [4.78, 5) is 2.13. The number of likely N-dealkylation sites (N-methyl/N-ethyl adjacent to an activating group) is 1. The Morgan fingerprint density at radius 3 is 1.46 bits per heavy atom. The lowest BCUT2D eigenvalue weighted by Crippen LogP contribution is -2.47. The van der Waals surface area contributed by atoms with Gasteiger partial charge >= 0.3 is 0 Å². The van der Waals surface area contributed by atoms with Crippen molar-refractivity contribution in [3.8, 4) is 0 Å². The van der Waals surface area contributed by atoms with E-state index in [1.165, 1.54) is 0 Å². The van der Waals surface area contributed by atoms with Gasteiger partial charge in [0.1, 0.15) is 0 Å². The van der Waals surface area contributed by atoms with Crippen molar-refractivity contribution in [1.82, 2.24) is 4.90 Å². The van der Waals surface area contributed by atoms with E-state index in [2.05, 4.69) is 41.3 Å². The number of rotatable bonds is 7. The second kappa shape index (κ2) is 8.31. The minimum atomic E-state index is -0.923. The summed E-state index contributed by atoms with van der Waals surface area (Å²) >= 11 is 0. The van der Waals surface area contributed by atoms with Crippen molar-refractivity contribution in [2.45, 2.75) is 24.5 Å². The highest BCUT2D eigenvalue weighted by Crippen LogP contribution is 2.36. The maximum atomic E-state index is 12.0. The van der Waals surface area contributed by atoms with Crippen molar-refractivity contribution in [2.24, 2.45) is 0 Å². The van der Waals surface area contributed by atoms with Crippen LogP contribution in [0.25, 0.3) is 0 Å². The van der Waals surface area contributed by atoms with E-state index < -0.39 is 5.60 Å². The molecule has 0 amide bonds. The van der Waals surface area contributed by atoms with E-state index in [1.54, 1.807) is 0 Å². The van der Waals surface area contributed by atoms with Crippen LogP contribution in [0.1, 0.15) is 22.7 Å². The van der Waals surface area contributed by atoms with E-state index in [1.807, 2.05) is 68.7 Å². The van der Waals surface area contributed by atoms with Crippen LogP contribution >= 0.6 is 0 Å². The SMILES string of the molecule is CN(C)[C@@H](c1ccccc1)C(O)(Cc1ccccc1)Cc1ccccc1. The highest BCUT2D eigenvalue weighted by molar-refractivity contribution is 5.28. The second-order valence-electron chi connectivity index (χ2n) is 7.21. The van der Waals surface area contributed by atoms with E-state index in [9.17, 15) is 5.11 Å². The molecule has 0 unspecified atom stereocenters. The highest BCUT2D eigenvalue weighted by atomic mass is 16.3. The van der Waals surface area contributed by atoms with Crippen molar-refractivity contribution in [3.63, 3.8) is 0 Å². The number of nitrogens with zero attached hydrogens (tertiary/aromatic N) is 1. The van der Waals surface area contributed by atoms with Crippen molar-refractivity contribution < 1.29 is 5.11 Å². The van der Waals surface area contributed by atoms with Crippen LogP contribution in [-0.2, 0) is 12.8 Å². The topological polar surface area (TPSA) is 23.5 Å². The molecule has 0 saturated heterocycles. The predicted molar refractivity (Wildman–Crippen MR) is 108 cm³/mol. The van der Waals surface area contributed by atoms with Crippen molar-refractivity contribution >= 4 is 0 Å². The molecule has 0 bridgehead atoms. The molecule has 0 spiro atoms. The average molecular weight is 345 g/mol. The Morgan fingerprint density at radius 2 is 1.08 bits per heavy atom. The second-order valence-corrected chi connectivity index (χ2v) is 7.21. The Kier molecular flexibility index (Phi) is 5.87. The monoisotopic (exact) mass is 345 g/mol. The van der Waals surface area contributed by atoms with Gasteiger partial charge in [-0.1, -0.05) is 91.0 Å². The van der Waals surface area contributed by atoms with Gasteiger partial charge in [-0.25, -0.2) is 0 Å². The van der Waals surface area contributed by atoms with Crippen LogP contribution < -0.4 is 0 Å². The highest BCUT2D eigenvalue weighted by Gasteiger charge is 2.39. The largest absolute Gasteiger partial charge is 0.387 e. The number of hydrogen-bond donors (Lipinski definition) is 1. The molecular weight excluding hydrogens is 318 g/mol. The molecule has 3 aromatic carbocycles. The maximum absolute atomic E-state index is 12.0. The molecule has 0 aliphatic carbocycles. The molecule has 2 nitrogen and oxygen atoms in total. The Labute approximate surface area is 156 Å². The van der Waals surface area contributed by atoms with Crippen LogP contribution in [-0.4, -0.2) is 29.7 Å². The van der Waals surface area contributed by atoms with E-state index in [-0.39, 0.29) is 6.04 Å². The third-order valence-electron chi connectivity index (χ3n) is 4.85. The zero-order valence-corrected chi connectivity index (χ0v) is 15.5. The summed E-state index contributed by atoms with van der Waals surface area (Å²) < 4.78 is 0. The van der Waals surface area contributed by atoms with Crippen LogP contribution in [0.2, 0.25) is 0 Å². The Morgan fingerprint density at radius 1 is 0.692 bits per heavy atom. The Hall–Kier alpha value is -2.42. The first-order valence-electron chi connectivity index (χ1n) is 9.10. The smallest absolute Gasteiger partial charge is 0.0923 e. The lowest BCUT2D eigenvalue weighted by Gasteiger charge is -2.41. The first-order chi connectivity index (χ1) is 12.6. The molecule has 1 atom stereocenters. The van der Waals surface area contributed by atoms with Gasteiger partial charge < -0.3 is 5.11 Å². The van der Waals surface area contributed by atoms with Gasteiger partial charge in [-0.05, 0) is 30.8 Å². The lowest BCUT2D eigenvalue weighted by molar-refractivity contribution is -0.0348. The lowest BCUT2D eigenvalue weighted by atomic mass is 9.78. The van der Waals surface area contributed by atoms with Crippen molar-refractivity contribution in [3.05, 3.63) is 108 Å². The van der Waals surface area contributed by atoms with Gasteiger partial charge in [-0.15, -0.1) is 0 Å². The first-order valence-corrected chi connectivity index (χ1v) is 9.10. The Bertz CT molecular complexity index is 743. The summed E-state index contributed by atoms with van der Waals surface area (Å²) in [5.74, 6) is 0. The summed E-state index contributed by atoms with van der Waals surface area (Å²) in [6.45, 7) is 0. The molecule has 3 rings (SSSR count). The molecule has 1 N–H and O–H groups in total. The summed E-state index contributed by atoms with van der Waals surface area (Å²) in [6, 6.07) is 30.7. The molecule has 0 radical (unpaired) electrons. The molecule has 3 aromatic rings. The quantitative estimate of drug-likeness (QED) is 0.681. The minimum Gasteiger partial charge on any atom is -0.387 e. The van der Waals surface area contributed by atoms with Gasteiger partial charge in [-0.3, -0.25) is 4.90 Å². The summed E-state index contributed by atoms with van der Waals surface area (Å²) in [6.07, 6.45) is 1.20. The van der Waals surface area contributed by atoms with Gasteiger partial charge in [0.25, 0.3) is 0 Å². The molecule has 26 heavy (non-hydrogen) atoms. The molecule has 0 heterocycles. The summed E-state index contributed by atoms with van der Waals surface area (Å²) in [7, 11) is 4.08. The molecule has 134 valence electrons. The number of hydrogen-bond acceptors (Lipinski definition) is 2. The fourth-order valence-electron chi connectivity index (χ4n) is 3.88. The number of benzene rings is 3. The van der Waals surface area contributed by atoms with Crippen LogP contribution in [0.5, 0.6) is 0 Å². The summed E-state index contributed by atoms with van der Waals surface area (Å²) in [5.41, 5.74) is 2.50. The molecule has 2 heteroatoms. The average Bonchev–Trinajstić information content (AvgIpc) is 2.64. The predicted octanol–water partition coefficient (Wildman–Crippen LogP) is 4.51. The fraction of sp³-hybridized carbons (Fsp3) is 0.250. The molecule has 0 saturated carbocycles.